The van der Waals surface area contributed by atoms with Crippen LogP contribution in [0.3, 0.4) is 0 Å². The van der Waals surface area contributed by atoms with Gasteiger partial charge in [-0.25, -0.2) is 4.79 Å². The molecule has 7 nitrogen and oxygen atoms in total. The van der Waals surface area contributed by atoms with Gasteiger partial charge in [0.25, 0.3) is 0 Å². The molecule has 0 amide bonds. The molecule has 0 radical (unpaired) electrons. The molecule has 0 spiro atoms. The molecule has 0 atom stereocenters. The molecule has 2 aromatic heterocycles. The van der Waals surface area contributed by atoms with E-state index in [1.807, 2.05) is 0 Å². The Hall–Kier alpha value is -1.58. The van der Waals surface area contributed by atoms with E-state index in [1.165, 1.54) is 18.3 Å². The zero-order valence-electron chi connectivity index (χ0n) is 11.4. The number of H-pyrrole nitrogens is 1. The van der Waals surface area contributed by atoms with Crippen LogP contribution in [0.1, 0.15) is 20.7 Å². The minimum Gasteiger partial charge on any atom is -0.545 e. The van der Waals surface area contributed by atoms with E-state index in [2.05, 4.69) is 9.97 Å². The van der Waals surface area contributed by atoms with E-state index in [1.54, 1.807) is 6.07 Å². The van der Waals surface area contributed by atoms with Gasteiger partial charge in [0.2, 0.25) is 0 Å². The van der Waals surface area contributed by atoms with Gasteiger partial charge in [-0.1, -0.05) is 0 Å². The van der Waals surface area contributed by atoms with E-state index in [-0.39, 0.29) is 67.9 Å². The average molecular weight is 322 g/mol. The van der Waals surface area contributed by atoms with E-state index in [9.17, 15) is 19.5 Å². The number of benzene rings is 1. The van der Waals surface area contributed by atoms with Gasteiger partial charge in [0.15, 0.2) is 5.43 Å². The van der Waals surface area contributed by atoms with Crippen LogP contribution in [0.15, 0.2) is 35.4 Å². The van der Waals surface area contributed by atoms with E-state index in [0.717, 1.165) is 6.20 Å². The molecule has 104 valence electrons. The van der Waals surface area contributed by atoms with Crippen LogP contribution < -0.4 is 61.9 Å². The normalized spacial score (nSPS) is 10.4. The van der Waals surface area contributed by atoms with Crippen LogP contribution in [0.5, 0.6) is 0 Å². The van der Waals surface area contributed by atoms with Gasteiger partial charge in [-0.3, -0.25) is 9.78 Å². The summed E-state index contributed by atoms with van der Waals surface area (Å²) in [6.07, 6.45) is 2.25. The number of pyridine rings is 2. The fraction of sp³-hybridized carbons (Fsp3) is 0. The number of nitrogens with one attached hydrogen (secondary N) is 1. The third kappa shape index (κ3) is 2.71. The van der Waals surface area contributed by atoms with E-state index in [0.29, 0.717) is 10.9 Å². The molecule has 0 saturated heterocycles. The minimum atomic E-state index is -1.60. The molecule has 0 bridgehead atoms. The molecule has 0 aliphatic heterocycles. The Labute approximate surface area is 165 Å². The number of fused-ring (bicyclic) bond motifs is 3. The van der Waals surface area contributed by atoms with Gasteiger partial charge < -0.3 is 20.0 Å². The van der Waals surface area contributed by atoms with Crippen LogP contribution in [0.25, 0.3) is 21.8 Å². The molecule has 22 heavy (non-hydrogen) atoms. The second-order valence-corrected chi connectivity index (χ2v) is 4.40. The largest absolute Gasteiger partial charge is 1.00 e. The number of aromatic carboxylic acids is 2. The predicted molar refractivity (Wildman–Crippen MR) is 71.2 cm³/mol. The fourth-order valence-electron chi connectivity index (χ4n) is 2.16. The van der Waals surface area contributed by atoms with Crippen molar-refractivity contribution in [3.63, 3.8) is 0 Å². The zero-order valence-corrected chi connectivity index (χ0v) is 14.5. The molecule has 3 rings (SSSR count). The second-order valence-electron chi connectivity index (χ2n) is 4.40. The summed E-state index contributed by atoms with van der Waals surface area (Å²) in [4.78, 5) is 40.6. The maximum Gasteiger partial charge on any atom is 1.00 e. The van der Waals surface area contributed by atoms with Gasteiger partial charge in [0.1, 0.15) is 0 Å². The van der Waals surface area contributed by atoms with E-state index in [4.69, 9.17) is 5.11 Å². The number of carbonyl (C=O) groups is 2. The number of carboxylic acids is 2. The first-order chi connectivity index (χ1) is 9.99. The summed E-state index contributed by atoms with van der Waals surface area (Å²) in [7, 11) is 0. The Balaban J connectivity index is 0.00000176. The Morgan fingerprint density at radius 1 is 1.23 bits per heavy atom. The Kier molecular flexibility index (Phi) is 4.78. The molecule has 1 aromatic carbocycles. The fourth-order valence-corrected chi connectivity index (χ4v) is 2.16. The number of carbonyl (C=O) groups excluding carboxylic acids is 1. The van der Waals surface area contributed by atoms with Crippen molar-refractivity contribution in [2.45, 2.75) is 0 Å². The smallest absolute Gasteiger partial charge is 0.545 e. The van der Waals surface area contributed by atoms with Gasteiger partial charge in [-0.2, -0.15) is 0 Å². The molecule has 2 N–H and O–H groups in total. The van der Waals surface area contributed by atoms with Crippen LogP contribution in [0.4, 0.5) is 0 Å². The van der Waals surface area contributed by atoms with Gasteiger partial charge in [0.05, 0.1) is 22.6 Å². The topological polar surface area (TPSA) is 123 Å². The maximum atomic E-state index is 12.0. The number of carboxylic acid groups (broad SMARTS) is 2. The van der Waals surface area contributed by atoms with Crippen LogP contribution in [0.2, 0.25) is 0 Å². The first-order valence-corrected chi connectivity index (χ1v) is 5.88. The minimum absolute atomic E-state index is 0. The molecule has 0 fully saturated rings. The number of hydrogen-bond acceptors (Lipinski definition) is 5. The first-order valence-electron chi connectivity index (χ1n) is 5.88. The molecule has 2 heterocycles. The Bertz CT molecular complexity index is 980. The summed E-state index contributed by atoms with van der Waals surface area (Å²) in [5, 5.41) is 20.4. The zero-order chi connectivity index (χ0) is 15.1. The quantitative estimate of drug-likeness (QED) is 0.386. The van der Waals surface area contributed by atoms with E-state index < -0.39 is 22.9 Å². The summed E-state index contributed by atoms with van der Waals surface area (Å²) in [5.41, 5.74) is -0.404. The van der Waals surface area contributed by atoms with Crippen LogP contribution in [-0.2, 0) is 0 Å². The van der Waals surface area contributed by atoms with Crippen LogP contribution in [-0.4, -0.2) is 27.0 Å². The summed E-state index contributed by atoms with van der Waals surface area (Å²) in [6.45, 7) is 0. The third-order valence-electron chi connectivity index (χ3n) is 3.18. The molecule has 0 saturated carbocycles. The number of aromatic amines is 1. The summed E-state index contributed by atoms with van der Waals surface area (Å²) < 4.78 is 0. The van der Waals surface area contributed by atoms with E-state index >= 15 is 0 Å². The van der Waals surface area contributed by atoms with Crippen LogP contribution in [0, 0.1) is 0 Å². The van der Waals surface area contributed by atoms with Crippen molar-refractivity contribution in [1.29, 1.82) is 0 Å². The Morgan fingerprint density at radius 2 is 1.95 bits per heavy atom. The number of nitrogens with zero attached hydrogens (tertiary/aromatic N) is 1. The van der Waals surface area contributed by atoms with Crippen molar-refractivity contribution in [2.24, 2.45) is 0 Å². The Morgan fingerprint density at radius 3 is 2.59 bits per heavy atom. The molecular formula is C14H7KN2O5. The van der Waals surface area contributed by atoms with Crippen molar-refractivity contribution >= 4 is 33.7 Å². The first kappa shape index (κ1) is 16.8. The predicted octanol–water partition coefficient (Wildman–Crippen LogP) is -2.86. The average Bonchev–Trinajstić information content (AvgIpc) is 2.46. The molecular weight excluding hydrogens is 315 g/mol. The molecule has 0 unspecified atom stereocenters. The second kappa shape index (κ2) is 6.27. The summed E-state index contributed by atoms with van der Waals surface area (Å²) >= 11 is 0. The van der Waals surface area contributed by atoms with Gasteiger partial charge in [-0.15, -0.1) is 0 Å². The SMILES string of the molecule is O=C(O)c1c[nH]c2ccc3c(=O)c(C(=O)[O-])cnc3c2c1.[K+]. The van der Waals surface area contributed by atoms with Gasteiger partial charge >= 0.3 is 57.4 Å². The number of rotatable bonds is 2. The van der Waals surface area contributed by atoms with Crippen molar-refractivity contribution in [2.75, 3.05) is 0 Å². The van der Waals surface area contributed by atoms with Gasteiger partial charge in [0, 0.05) is 28.7 Å². The van der Waals surface area contributed by atoms with Gasteiger partial charge in [-0.05, 0) is 18.2 Å². The van der Waals surface area contributed by atoms with Crippen LogP contribution >= 0.6 is 0 Å². The standard InChI is InChI=1S/C14H8N2O5.K/c17-12-7-1-2-10-8(3-6(4-15-10)13(18)19)11(7)16-5-9(12)14(20)21;/h1-5,15H,(H,18,19)(H,20,21);/q;+1/p-1. The number of hydrogen-bond donors (Lipinski definition) is 2. The third-order valence-corrected chi connectivity index (χ3v) is 3.18. The monoisotopic (exact) mass is 322 g/mol. The van der Waals surface area contributed by atoms with Crippen molar-refractivity contribution in [3.05, 3.63) is 51.9 Å². The molecule has 0 aliphatic carbocycles. The van der Waals surface area contributed by atoms with Crippen molar-refractivity contribution in [3.8, 4) is 0 Å². The molecule has 8 heteroatoms. The summed E-state index contributed by atoms with van der Waals surface area (Å²) in [6, 6.07) is 4.38. The molecule has 0 aliphatic rings. The number of aromatic nitrogens is 2. The van der Waals surface area contributed by atoms with Crippen molar-refractivity contribution < 1.29 is 71.2 Å². The maximum absolute atomic E-state index is 12.0. The molecule has 3 aromatic rings. The van der Waals surface area contributed by atoms with Crippen molar-refractivity contribution in [1.82, 2.24) is 9.97 Å². The summed E-state index contributed by atoms with van der Waals surface area (Å²) in [5.74, 6) is -2.72.